The molecule has 0 aliphatic heterocycles. The van der Waals surface area contributed by atoms with Gasteiger partial charge in [-0.05, 0) is 49.8 Å². The summed E-state index contributed by atoms with van der Waals surface area (Å²) in [7, 11) is 0. The van der Waals surface area contributed by atoms with Crippen LogP contribution in [-0.2, 0) is 0 Å². The summed E-state index contributed by atoms with van der Waals surface area (Å²) >= 11 is 5.94. The Balaban J connectivity index is 2.08. The summed E-state index contributed by atoms with van der Waals surface area (Å²) in [6.07, 6.45) is 5.30. The molecule has 0 atom stereocenters. The molecule has 0 saturated heterocycles. The molecule has 3 heteroatoms. The zero-order valence-electron chi connectivity index (χ0n) is 10.6. The van der Waals surface area contributed by atoms with Crippen molar-refractivity contribution in [1.29, 1.82) is 0 Å². The van der Waals surface area contributed by atoms with Gasteiger partial charge >= 0.3 is 0 Å². The van der Waals surface area contributed by atoms with Crippen molar-refractivity contribution in [3.05, 3.63) is 34.6 Å². The highest BCUT2D eigenvalue weighted by atomic mass is 35.5. The number of hydrogen-bond donors (Lipinski definition) is 0. The number of carbonyl (C=O) groups excluding carboxylic acids is 1. The van der Waals surface area contributed by atoms with Crippen LogP contribution in [0.3, 0.4) is 0 Å². The number of halogens is 2. The Morgan fingerprint density at radius 2 is 2.00 bits per heavy atom. The molecule has 1 aliphatic carbocycles. The second-order valence-corrected chi connectivity index (χ2v) is 5.52. The standard InChI is InChI=1S/C15H18ClFO/c1-2-10-3-5-11(6-4-10)15(18)13-8-7-12(17)9-14(13)16/h7-11H,2-6H2,1H3. The van der Waals surface area contributed by atoms with Crippen LogP contribution in [0.1, 0.15) is 49.4 Å². The maximum Gasteiger partial charge on any atom is 0.167 e. The quantitative estimate of drug-likeness (QED) is 0.714. The van der Waals surface area contributed by atoms with Crippen LogP contribution in [0.25, 0.3) is 0 Å². The van der Waals surface area contributed by atoms with Gasteiger partial charge in [-0.25, -0.2) is 4.39 Å². The van der Waals surface area contributed by atoms with E-state index in [1.54, 1.807) is 0 Å². The lowest BCUT2D eigenvalue weighted by Crippen LogP contribution is -2.22. The summed E-state index contributed by atoms with van der Waals surface area (Å²) < 4.78 is 13.0. The molecule has 1 nitrogen and oxygen atoms in total. The minimum atomic E-state index is -0.397. The van der Waals surface area contributed by atoms with Crippen molar-refractivity contribution in [2.24, 2.45) is 11.8 Å². The zero-order chi connectivity index (χ0) is 13.1. The van der Waals surface area contributed by atoms with Crippen molar-refractivity contribution in [2.45, 2.75) is 39.0 Å². The van der Waals surface area contributed by atoms with Gasteiger partial charge in [0.25, 0.3) is 0 Å². The summed E-state index contributed by atoms with van der Waals surface area (Å²) in [6.45, 7) is 2.20. The molecule has 0 aromatic heterocycles. The summed E-state index contributed by atoms with van der Waals surface area (Å²) in [5.74, 6) is 0.509. The summed E-state index contributed by atoms with van der Waals surface area (Å²) in [6, 6.07) is 4.02. The number of Topliss-reactive ketones (excluding diaryl/α,β-unsaturated/α-hetero) is 1. The second-order valence-electron chi connectivity index (χ2n) is 5.11. The van der Waals surface area contributed by atoms with Crippen molar-refractivity contribution in [3.63, 3.8) is 0 Å². The van der Waals surface area contributed by atoms with Crippen molar-refractivity contribution < 1.29 is 9.18 Å². The van der Waals surface area contributed by atoms with Gasteiger partial charge in [-0.3, -0.25) is 4.79 Å². The van der Waals surface area contributed by atoms with Gasteiger partial charge in [-0.15, -0.1) is 0 Å². The van der Waals surface area contributed by atoms with Gasteiger partial charge < -0.3 is 0 Å². The molecule has 18 heavy (non-hydrogen) atoms. The summed E-state index contributed by atoms with van der Waals surface area (Å²) in [5.41, 5.74) is 0.470. The third-order valence-corrected chi connectivity index (χ3v) is 4.30. The van der Waals surface area contributed by atoms with E-state index in [4.69, 9.17) is 11.6 Å². The van der Waals surface area contributed by atoms with Crippen LogP contribution in [0, 0.1) is 17.7 Å². The molecule has 1 aromatic carbocycles. The van der Waals surface area contributed by atoms with E-state index >= 15 is 0 Å². The van der Waals surface area contributed by atoms with Crippen LogP contribution in [0.4, 0.5) is 4.39 Å². The lowest BCUT2D eigenvalue weighted by molar-refractivity contribution is 0.0871. The average Bonchev–Trinajstić information content (AvgIpc) is 2.38. The van der Waals surface area contributed by atoms with Crippen LogP contribution < -0.4 is 0 Å². The Labute approximate surface area is 112 Å². The topological polar surface area (TPSA) is 17.1 Å². The molecule has 1 aromatic rings. The van der Waals surface area contributed by atoms with E-state index in [1.165, 1.54) is 24.6 Å². The summed E-state index contributed by atoms with van der Waals surface area (Å²) in [4.78, 5) is 12.3. The molecule has 0 amide bonds. The molecule has 0 N–H and O–H groups in total. The number of rotatable bonds is 3. The van der Waals surface area contributed by atoms with Crippen molar-refractivity contribution in [3.8, 4) is 0 Å². The second kappa shape index (κ2) is 5.83. The summed E-state index contributed by atoms with van der Waals surface area (Å²) in [5, 5.41) is 0.234. The first-order chi connectivity index (χ1) is 8.61. The van der Waals surface area contributed by atoms with Gasteiger partial charge in [0, 0.05) is 11.5 Å². The maximum absolute atomic E-state index is 13.0. The number of hydrogen-bond acceptors (Lipinski definition) is 1. The van der Waals surface area contributed by atoms with Crippen LogP contribution in [0.15, 0.2) is 18.2 Å². The highest BCUT2D eigenvalue weighted by Crippen LogP contribution is 2.33. The highest BCUT2D eigenvalue weighted by molar-refractivity contribution is 6.34. The lowest BCUT2D eigenvalue weighted by Gasteiger charge is -2.27. The van der Waals surface area contributed by atoms with E-state index in [-0.39, 0.29) is 16.7 Å². The van der Waals surface area contributed by atoms with Crippen LogP contribution in [-0.4, -0.2) is 5.78 Å². The lowest BCUT2D eigenvalue weighted by atomic mass is 9.78. The smallest absolute Gasteiger partial charge is 0.167 e. The van der Waals surface area contributed by atoms with E-state index in [0.717, 1.165) is 31.6 Å². The van der Waals surface area contributed by atoms with E-state index < -0.39 is 5.82 Å². The SMILES string of the molecule is CCC1CCC(C(=O)c2ccc(F)cc2Cl)CC1. The molecule has 98 valence electrons. The molecule has 0 radical (unpaired) electrons. The monoisotopic (exact) mass is 268 g/mol. The largest absolute Gasteiger partial charge is 0.294 e. The first-order valence-electron chi connectivity index (χ1n) is 6.61. The minimum Gasteiger partial charge on any atom is -0.294 e. The fourth-order valence-electron chi connectivity index (χ4n) is 2.74. The van der Waals surface area contributed by atoms with Gasteiger partial charge in [0.1, 0.15) is 5.82 Å². The third kappa shape index (κ3) is 2.92. The van der Waals surface area contributed by atoms with Gasteiger partial charge in [0.15, 0.2) is 5.78 Å². The molecular weight excluding hydrogens is 251 g/mol. The maximum atomic E-state index is 13.0. The van der Waals surface area contributed by atoms with Gasteiger partial charge in [-0.2, -0.15) is 0 Å². The Morgan fingerprint density at radius 3 is 2.56 bits per heavy atom. The van der Waals surface area contributed by atoms with Crippen LogP contribution >= 0.6 is 11.6 Å². The Kier molecular flexibility index (Phi) is 4.39. The normalized spacial score (nSPS) is 23.9. The molecule has 0 unspecified atom stereocenters. The number of carbonyl (C=O) groups is 1. The van der Waals surface area contributed by atoms with E-state index in [9.17, 15) is 9.18 Å². The fraction of sp³-hybridized carbons (Fsp3) is 0.533. The molecule has 0 heterocycles. The highest BCUT2D eigenvalue weighted by Gasteiger charge is 2.27. The molecule has 1 fully saturated rings. The molecular formula is C15H18ClFO. The molecule has 2 rings (SSSR count). The molecule has 0 bridgehead atoms. The van der Waals surface area contributed by atoms with Gasteiger partial charge in [0.05, 0.1) is 5.02 Å². The number of ketones is 1. The molecule has 1 aliphatic rings. The molecule has 1 saturated carbocycles. The van der Waals surface area contributed by atoms with E-state index in [2.05, 4.69) is 6.92 Å². The van der Waals surface area contributed by atoms with Crippen LogP contribution in [0.5, 0.6) is 0 Å². The zero-order valence-corrected chi connectivity index (χ0v) is 11.3. The molecule has 0 spiro atoms. The Bertz CT molecular complexity index is 436. The number of benzene rings is 1. The van der Waals surface area contributed by atoms with Crippen molar-refractivity contribution in [1.82, 2.24) is 0 Å². The van der Waals surface area contributed by atoms with E-state index in [0.29, 0.717) is 5.56 Å². The van der Waals surface area contributed by atoms with Crippen LogP contribution in [0.2, 0.25) is 5.02 Å². The van der Waals surface area contributed by atoms with Crippen molar-refractivity contribution in [2.75, 3.05) is 0 Å². The Morgan fingerprint density at radius 1 is 1.33 bits per heavy atom. The minimum absolute atomic E-state index is 0.0655. The van der Waals surface area contributed by atoms with Crippen molar-refractivity contribution >= 4 is 17.4 Å². The van der Waals surface area contributed by atoms with E-state index in [1.807, 2.05) is 0 Å². The average molecular weight is 269 g/mol. The first kappa shape index (κ1) is 13.5. The Hall–Kier alpha value is -0.890. The van der Waals surface area contributed by atoms with Gasteiger partial charge in [-0.1, -0.05) is 24.9 Å². The fourth-order valence-corrected chi connectivity index (χ4v) is 3.00. The predicted molar refractivity (Wildman–Crippen MR) is 71.5 cm³/mol. The predicted octanol–water partition coefficient (Wildman–Crippen LogP) is 4.88. The first-order valence-corrected chi connectivity index (χ1v) is 6.99. The van der Waals surface area contributed by atoms with Gasteiger partial charge in [0.2, 0.25) is 0 Å². The third-order valence-electron chi connectivity index (χ3n) is 3.99.